The zero-order valence-electron chi connectivity index (χ0n) is 12.7. The molecular weight excluding hydrogens is 324 g/mol. The molecule has 2 aromatic heterocycles. The van der Waals surface area contributed by atoms with Gasteiger partial charge in [0.15, 0.2) is 0 Å². The lowest BCUT2D eigenvalue weighted by atomic mass is 10.3. The number of anilines is 1. The van der Waals surface area contributed by atoms with Gasteiger partial charge in [0, 0.05) is 11.4 Å². The highest BCUT2D eigenvalue weighted by Gasteiger charge is 2.27. The van der Waals surface area contributed by atoms with Crippen LogP contribution in [0.4, 0.5) is 10.7 Å². The number of aryl methyl sites for hydroxylation is 2. The third-order valence-corrected chi connectivity index (χ3v) is 3.93. The number of ether oxygens (including phenoxy) is 1. The van der Waals surface area contributed by atoms with E-state index < -0.39 is 22.5 Å². The minimum atomic E-state index is -0.754. The van der Waals surface area contributed by atoms with Crippen LogP contribution in [0, 0.1) is 17.0 Å². The van der Waals surface area contributed by atoms with Gasteiger partial charge < -0.3 is 10.1 Å². The fraction of sp³-hybridized carbons (Fsp3) is 0.308. The van der Waals surface area contributed by atoms with Crippen molar-refractivity contribution >= 4 is 33.9 Å². The van der Waals surface area contributed by atoms with Crippen LogP contribution in [0.1, 0.15) is 32.6 Å². The number of nitro groups is 1. The molecule has 0 saturated heterocycles. The number of hydrogen-bond donors (Lipinski definition) is 1. The van der Waals surface area contributed by atoms with Gasteiger partial charge in [-0.05, 0) is 19.9 Å². The van der Waals surface area contributed by atoms with E-state index in [0.717, 1.165) is 4.88 Å². The van der Waals surface area contributed by atoms with Crippen molar-refractivity contribution < 1.29 is 19.2 Å². The zero-order chi connectivity index (χ0) is 17.1. The number of aromatic nitrogens is 2. The second kappa shape index (κ2) is 6.57. The molecular formula is C13H14N4O5S. The van der Waals surface area contributed by atoms with Gasteiger partial charge in [0.2, 0.25) is 5.69 Å². The number of nitrogens with zero attached hydrogens (tertiary/aromatic N) is 3. The minimum absolute atomic E-state index is 0.195. The molecule has 0 unspecified atom stereocenters. The summed E-state index contributed by atoms with van der Waals surface area (Å²) < 4.78 is 5.95. The van der Waals surface area contributed by atoms with Crippen molar-refractivity contribution in [2.75, 3.05) is 12.4 Å². The highest BCUT2D eigenvalue weighted by Crippen LogP contribution is 2.29. The summed E-state index contributed by atoms with van der Waals surface area (Å²) >= 11 is 1.17. The summed E-state index contributed by atoms with van der Waals surface area (Å²) in [5.41, 5.74) is -0.503. The Hall–Kier alpha value is -2.75. The highest BCUT2D eigenvalue weighted by atomic mass is 32.1. The van der Waals surface area contributed by atoms with Gasteiger partial charge in [-0.25, -0.2) is 4.79 Å². The predicted octanol–water partition coefficient (Wildman–Crippen LogP) is 2.22. The number of nitrogens with one attached hydrogen (secondary N) is 1. The molecule has 2 heterocycles. The number of amides is 1. The number of carbonyl (C=O) groups is 2. The molecule has 0 aliphatic rings. The quantitative estimate of drug-likeness (QED) is 0.507. The summed E-state index contributed by atoms with van der Waals surface area (Å²) in [7, 11) is 1.23. The van der Waals surface area contributed by atoms with Gasteiger partial charge in [-0.1, -0.05) is 0 Å². The molecule has 0 bridgehead atoms. The summed E-state index contributed by atoms with van der Waals surface area (Å²) in [5.74, 6) is -1.35. The fourth-order valence-electron chi connectivity index (χ4n) is 1.90. The molecule has 23 heavy (non-hydrogen) atoms. The van der Waals surface area contributed by atoms with Crippen LogP contribution in [0.15, 0.2) is 12.3 Å². The van der Waals surface area contributed by atoms with Crippen LogP contribution in [0.5, 0.6) is 0 Å². The van der Waals surface area contributed by atoms with Crippen LogP contribution in [-0.4, -0.2) is 33.7 Å². The molecule has 0 aromatic carbocycles. The summed E-state index contributed by atoms with van der Waals surface area (Å²) in [6, 6.07) is 1.57. The summed E-state index contributed by atoms with van der Waals surface area (Å²) in [5, 5.41) is 17.7. The van der Waals surface area contributed by atoms with Gasteiger partial charge in [-0.15, -0.1) is 11.3 Å². The van der Waals surface area contributed by atoms with E-state index in [-0.39, 0.29) is 16.3 Å². The van der Waals surface area contributed by atoms with E-state index in [9.17, 15) is 19.7 Å². The first-order valence-electron chi connectivity index (χ1n) is 6.59. The van der Waals surface area contributed by atoms with Crippen LogP contribution in [-0.2, 0) is 11.3 Å². The highest BCUT2D eigenvalue weighted by molar-refractivity contribution is 7.16. The average Bonchev–Trinajstić information content (AvgIpc) is 3.10. The van der Waals surface area contributed by atoms with Gasteiger partial charge in [-0.3, -0.25) is 19.6 Å². The van der Waals surface area contributed by atoms with Crippen molar-refractivity contribution in [3.05, 3.63) is 38.5 Å². The molecule has 1 amide bonds. The third-order valence-electron chi connectivity index (χ3n) is 2.97. The molecule has 0 aliphatic heterocycles. The predicted molar refractivity (Wildman–Crippen MR) is 82.9 cm³/mol. The van der Waals surface area contributed by atoms with Crippen LogP contribution in [0.3, 0.4) is 0 Å². The van der Waals surface area contributed by atoms with E-state index in [1.165, 1.54) is 29.3 Å². The molecule has 2 aromatic rings. The van der Waals surface area contributed by atoms with Gasteiger partial charge >= 0.3 is 11.7 Å². The molecule has 122 valence electrons. The molecule has 0 saturated carbocycles. The summed E-state index contributed by atoms with van der Waals surface area (Å²) in [6.07, 6.45) is 1.19. The van der Waals surface area contributed by atoms with E-state index in [1.807, 2.05) is 0 Å². The van der Waals surface area contributed by atoms with E-state index in [0.29, 0.717) is 6.54 Å². The average molecular weight is 338 g/mol. The van der Waals surface area contributed by atoms with Crippen LogP contribution in [0.2, 0.25) is 0 Å². The van der Waals surface area contributed by atoms with Crippen molar-refractivity contribution in [3.8, 4) is 0 Å². The standard InChI is InChI=1S/C13H14N4O5S/c1-4-16-6-9(17(20)21)10(15-16)11(18)14-12-8(13(19)22-3)5-7(2)23-12/h5-6H,4H2,1-3H3,(H,14,18). The second-order valence-electron chi connectivity index (χ2n) is 4.52. The molecule has 9 nitrogen and oxygen atoms in total. The first-order chi connectivity index (χ1) is 10.9. The lowest BCUT2D eigenvalue weighted by Crippen LogP contribution is -2.16. The van der Waals surface area contributed by atoms with Crippen molar-refractivity contribution in [1.82, 2.24) is 9.78 Å². The van der Waals surface area contributed by atoms with Crippen molar-refractivity contribution in [3.63, 3.8) is 0 Å². The molecule has 1 N–H and O–H groups in total. The number of thiophene rings is 1. The van der Waals surface area contributed by atoms with Crippen LogP contribution >= 0.6 is 11.3 Å². The van der Waals surface area contributed by atoms with Gasteiger partial charge in [0.05, 0.1) is 17.6 Å². The number of methoxy groups -OCH3 is 1. The Morgan fingerprint density at radius 3 is 2.78 bits per heavy atom. The van der Waals surface area contributed by atoms with E-state index in [2.05, 4.69) is 15.2 Å². The topological polar surface area (TPSA) is 116 Å². The second-order valence-corrected chi connectivity index (χ2v) is 5.78. The fourth-order valence-corrected chi connectivity index (χ4v) is 2.79. The van der Waals surface area contributed by atoms with Crippen molar-refractivity contribution in [2.24, 2.45) is 0 Å². The number of carbonyl (C=O) groups excluding carboxylic acids is 2. The normalized spacial score (nSPS) is 10.4. The first kappa shape index (κ1) is 16.6. The molecule has 2 rings (SSSR count). The number of rotatable bonds is 5. The Morgan fingerprint density at radius 1 is 1.52 bits per heavy atom. The molecule has 0 aliphatic carbocycles. The number of hydrogen-bond acceptors (Lipinski definition) is 7. The van der Waals surface area contributed by atoms with Gasteiger partial charge in [0.1, 0.15) is 11.2 Å². The Morgan fingerprint density at radius 2 is 2.22 bits per heavy atom. The smallest absolute Gasteiger partial charge is 0.340 e. The van der Waals surface area contributed by atoms with Crippen LogP contribution in [0.25, 0.3) is 0 Å². The number of esters is 1. The zero-order valence-corrected chi connectivity index (χ0v) is 13.5. The third kappa shape index (κ3) is 3.37. The monoisotopic (exact) mass is 338 g/mol. The van der Waals surface area contributed by atoms with Crippen molar-refractivity contribution in [1.29, 1.82) is 0 Å². The SMILES string of the molecule is CCn1cc([N+](=O)[O-])c(C(=O)Nc2sc(C)cc2C(=O)OC)n1. The van der Waals surface area contributed by atoms with Crippen molar-refractivity contribution in [2.45, 2.75) is 20.4 Å². The maximum atomic E-state index is 12.3. The molecule has 0 fully saturated rings. The Labute approximate surface area is 135 Å². The van der Waals surface area contributed by atoms with E-state index in [1.54, 1.807) is 19.9 Å². The Bertz CT molecular complexity index is 779. The van der Waals surface area contributed by atoms with Crippen LogP contribution < -0.4 is 5.32 Å². The Balaban J connectivity index is 2.35. The molecule has 0 atom stereocenters. The van der Waals surface area contributed by atoms with E-state index >= 15 is 0 Å². The summed E-state index contributed by atoms with van der Waals surface area (Å²) in [4.78, 5) is 35.1. The largest absolute Gasteiger partial charge is 0.465 e. The van der Waals surface area contributed by atoms with Gasteiger partial charge in [-0.2, -0.15) is 5.10 Å². The lowest BCUT2D eigenvalue weighted by Gasteiger charge is -2.03. The maximum absolute atomic E-state index is 12.3. The van der Waals surface area contributed by atoms with Gasteiger partial charge in [0.25, 0.3) is 5.91 Å². The molecule has 0 radical (unpaired) electrons. The molecule has 0 spiro atoms. The molecule has 10 heteroatoms. The summed E-state index contributed by atoms with van der Waals surface area (Å²) in [6.45, 7) is 3.90. The Kier molecular flexibility index (Phi) is 4.74. The minimum Gasteiger partial charge on any atom is -0.465 e. The first-order valence-corrected chi connectivity index (χ1v) is 7.41. The maximum Gasteiger partial charge on any atom is 0.340 e. The van der Waals surface area contributed by atoms with E-state index in [4.69, 9.17) is 0 Å². The lowest BCUT2D eigenvalue weighted by molar-refractivity contribution is -0.385.